The van der Waals surface area contributed by atoms with Gasteiger partial charge in [0.15, 0.2) is 5.65 Å². The Labute approximate surface area is 173 Å². The van der Waals surface area contributed by atoms with Crippen LogP contribution in [0.4, 0.5) is 13.2 Å². The lowest BCUT2D eigenvalue weighted by Crippen LogP contribution is -2.17. The number of benzene rings is 2. The number of nitrogens with one attached hydrogen (secondary N) is 1. The van der Waals surface area contributed by atoms with E-state index in [2.05, 4.69) is 10.1 Å². The van der Waals surface area contributed by atoms with Gasteiger partial charge in [0.2, 0.25) is 0 Å². The van der Waals surface area contributed by atoms with Crippen molar-refractivity contribution in [2.45, 2.75) is 13.1 Å². The van der Waals surface area contributed by atoms with Crippen LogP contribution in [0.3, 0.4) is 0 Å². The molecule has 0 aliphatic heterocycles. The molecule has 30 heavy (non-hydrogen) atoms. The summed E-state index contributed by atoms with van der Waals surface area (Å²) >= 11 is 5.99. The molecule has 150 valence electrons. The van der Waals surface area contributed by atoms with E-state index in [1.165, 1.54) is 18.3 Å². The minimum atomic E-state index is -4.54. The van der Waals surface area contributed by atoms with Crippen molar-refractivity contribution in [2.24, 2.45) is 0 Å². The van der Waals surface area contributed by atoms with Crippen LogP contribution in [0.25, 0.3) is 28.0 Å². The Balaban J connectivity index is 1.95. The van der Waals surface area contributed by atoms with Crippen LogP contribution in [0.15, 0.2) is 53.5 Å². The molecule has 0 spiro atoms. The van der Waals surface area contributed by atoms with E-state index in [4.69, 9.17) is 11.6 Å². The fourth-order valence-corrected chi connectivity index (χ4v) is 3.51. The van der Waals surface area contributed by atoms with Crippen LogP contribution < -0.4 is 5.56 Å². The number of halogens is 4. The number of alkyl halides is 3. The van der Waals surface area contributed by atoms with Gasteiger partial charge in [0.1, 0.15) is 11.6 Å². The third-order valence-electron chi connectivity index (χ3n) is 4.73. The van der Waals surface area contributed by atoms with Crippen molar-refractivity contribution in [1.29, 1.82) is 5.26 Å². The maximum absolute atomic E-state index is 13.0. The highest BCUT2D eigenvalue weighted by molar-refractivity contribution is 6.30. The molecule has 1 N–H and O–H groups in total. The van der Waals surface area contributed by atoms with Crippen molar-refractivity contribution in [2.75, 3.05) is 0 Å². The predicted octanol–water partition coefficient (Wildman–Crippen LogP) is 5.21. The molecule has 2 aromatic heterocycles. The van der Waals surface area contributed by atoms with Gasteiger partial charge in [-0.1, -0.05) is 29.8 Å². The SMILES string of the molecule is Cc1cc(Cl)ccc1-c1[nH]n2c(=O)c(-c3cccc(C(F)(F)F)c3)cnc2c1C#N. The molecule has 0 bridgehead atoms. The molecule has 4 aromatic rings. The second kappa shape index (κ2) is 7.04. The number of nitrogens with zero attached hydrogens (tertiary/aromatic N) is 3. The molecule has 2 aromatic carbocycles. The van der Waals surface area contributed by atoms with E-state index < -0.39 is 17.3 Å². The summed E-state index contributed by atoms with van der Waals surface area (Å²) in [6.07, 6.45) is -3.36. The van der Waals surface area contributed by atoms with Crippen LogP contribution in [-0.4, -0.2) is 14.6 Å². The summed E-state index contributed by atoms with van der Waals surface area (Å²) in [7, 11) is 0. The molecule has 0 radical (unpaired) electrons. The number of fused-ring (bicyclic) bond motifs is 1. The third kappa shape index (κ3) is 3.23. The second-order valence-corrected chi connectivity index (χ2v) is 7.08. The minimum Gasteiger partial charge on any atom is -0.288 e. The predicted molar refractivity (Wildman–Crippen MR) is 106 cm³/mol. The van der Waals surface area contributed by atoms with Gasteiger partial charge >= 0.3 is 6.18 Å². The van der Waals surface area contributed by atoms with Crippen LogP contribution >= 0.6 is 11.6 Å². The number of hydrogen-bond donors (Lipinski definition) is 1. The Morgan fingerprint density at radius 2 is 1.93 bits per heavy atom. The molecule has 0 aliphatic carbocycles. The van der Waals surface area contributed by atoms with Crippen molar-refractivity contribution in [3.8, 4) is 28.5 Å². The lowest BCUT2D eigenvalue weighted by molar-refractivity contribution is -0.137. The van der Waals surface area contributed by atoms with Gasteiger partial charge in [0.25, 0.3) is 5.56 Å². The highest BCUT2D eigenvalue weighted by atomic mass is 35.5. The monoisotopic (exact) mass is 428 g/mol. The first kappa shape index (κ1) is 19.7. The van der Waals surface area contributed by atoms with Crippen molar-refractivity contribution in [1.82, 2.24) is 14.6 Å². The smallest absolute Gasteiger partial charge is 0.288 e. The number of hydrogen-bond acceptors (Lipinski definition) is 3. The molecule has 0 fully saturated rings. The quantitative estimate of drug-likeness (QED) is 0.476. The Morgan fingerprint density at radius 1 is 1.17 bits per heavy atom. The van der Waals surface area contributed by atoms with E-state index in [9.17, 15) is 23.2 Å². The van der Waals surface area contributed by atoms with Crippen LogP contribution in [0, 0.1) is 18.3 Å². The molecule has 0 aliphatic rings. The van der Waals surface area contributed by atoms with E-state index >= 15 is 0 Å². The summed E-state index contributed by atoms with van der Waals surface area (Å²) in [5.74, 6) is 0. The van der Waals surface area contributed by atoms with Gasteiger partial charge in [0.05, 0.1) is 16.8 Å². The van der Waals surface area contributed by atoms with Crippen molar-refractivity contribution in [3.63, 3.8) is 0 Å². The number of aromatic amines is 1. The Kier molecular flexibility index (Phi) is 4.63. The van der Waals surface area contributed by atoms with E-state index in [0.29, 0.717) is 16.3 Å². The molecule has 0 atom stereocenters. The zero-order chi connectivity index (χ0) is 21.6. The Hall–Kier alpha value is -3.57. The second-order valence-electron chi connectivity index (χ2n) is 6.65. The molecule has 0 saturated heterocycles. The van der Waals surface area contributed by atoms with Crippen LogP contribution in [0.1, 0.15) is 16.7 Å². The molecule has 5 nitrogen and oxygen atoms in total. The lowest BCUT2D eigenvalue weighted by atomic mass is 10.0. The zero-order valence-corrected chi connectivity index (χ0v) is 16.1. The van der Waals surface area contributed by atoms with Gasteiger partial charge in [-0.3, -0.25) is 9.89 Å². The number of aromatic nitrogens is 3. The topological polar surface area (TPSA) is 73.9 Å². The number of H-pyrrole nitrogens is 1. The zero-order valence-electron chi connectivity index (χ0n) is 15.4. The Bertz CT molecular complexity index is 1400. The minimum absolute atomic E-state index is 0.0243. The van der Waals surface area contributed by atoms with Crippen molar-refractivity contribution >= 4 is 17.2 Å². The summed E-state index contributed by atoms with van der Waals surface area (Å²) in [5, 5.41) is 13.0. The maximum Gasteiger partial charge on any atom is 0.416 e. The summed E-state index contributed by atoms with van der Waals surface area (Å²) in [4.78, 5) is 17.2. The first-order valence-corrected chi connectivity index (χ1v) is 9.06. The standard InChI is InChI=1S/C21H12ClF3N4O/c1-11-7-14(22)5-6-15(11)18-16(9-26)19-27-10-17(20(30)29(19)28-18)12-3-2-4-13(8-12)21(23,24)25/h2-8,10,28H,1H3. The first-order chi connectivity index (χ1) is 14.2. The fraction of sp³-hybridized carbons (Fsp3) is 0.0952. The normalized spacial score (nSPS) is 11.6. The number of aryl methyl sites for hydroxylation is 1. The highest BCUT2D eigenvalue weighted by Gasteiger charge is 2.30. The summed E-state index contributed by atoms with van der Waals surface area (Å²) < 4.78 is 40.2. The molecule has 0 saturated carbocycles. The molecular formula is C21H12ClF3N4O. The van der Waals surface area contributed by atoms with E-state index in [-0.39, 0.29) is 22.3 Å². The molecule has 0 unspecified atom stereocenters. The molecule has 4 rings (SSSR count). The number of nitriles is 1. The van der Waals surface area contributed by atoms with Crippen molar-refractivity contribution in [3.05, 3.63) is 80.7 Å². The Morgan fingerprint density at radius 3 is 2.60 bits per heavy atom. The molecule has 2 heterocycles. The third-order valence-corrected chi connectivity index (χ3v) is 4.96. The fourth-order valence-electron chi connectivity index (χ4n) is 3.28. The van der Waals surface area contributed by atoms with Gasteiger partial charge < -0.3 is 0 Å². The van der Waals surface area contributed by atoms with E-state index in [0.717, 1.165) is 22.2 Å². The van der Waals surface area contributed by atoms with Crippen LogP contribution in [-0.2, 0) is 6.18 Å². The van der Waals surface area contributed by atoms with Crippen molar-refractivity contribution < 1.29 is 13.2 Å². The molecular weight excluding hydrogens is 417 g/mol. The highest BCUT2D eigenvalue weighted by Crippen LogP contribution is 2.32. The van der Waals surface area contributed by atoms with Gasteiger partial charge in [-0.05, 0) is 42.3 Å². The van der Waals surface area contributed by atoms with Crippen LogP contribution in [0.5, 0.6) is 0 Å². The van der Waals surface area contributed by atoms with E-state index in [1.54, 1.807) is 25.1 Å². The van der Waals surface area contributed by atoms with Crippen LogP contribution in [0.2, 0.25) is 5.02 Å². The first-order valence-electron chi connectivity index (χ1n) is 8.68. The van der Waals surface area contributed by atoms with E-state index in [1.807, 2.05) is 6.07 Å². The number of rotatable bonds is 2. The summed E-state index contributed by atoms with van der Waals surface area (Å²) in [6, 6.07) is 11.6. The summed E-state index contributed by atoms with van der Waals surface area (Å²) in [6.45, 7) is 1.80. The molecule has 0 amide bonds. The van der Waals surface area contributed by atoms with Gasteiger partial charge in [-0.2, -0.15) is 22.9 Å². The van der Waals surface area contributed by atoms with Gasteiger partial charge in [-0.25, -0.2) is 4.98 Å². The molecule has 9 heteroatoms. The lowest BCUT2D eigenvalue weighted by Gasteiger charge is -2.08. The summed E-state index contributed by atoms with van der Waals surface area (Å²) in [5.41, 5.74) is 0.601. The average Bonchev–Trinajstić information content (AvgIpc) is 3.07. The maximum atomic E-state index is 13.0. The average molecular weight is 429 g/mol. The van der Waals surface area contributed by atoms with Gasteiger partial charge in [-0.15, -0.1) is 0 Å². The van der Waals surface area contributed by atoms with Gasteiger partial charge in [0, 0.05) is 16.8 Å². The largest absolute Gasteiger partial charge is 0.416 e.